The summed E-state index contributed by atoms with van der Waals surface area (Å²) in [7, 11) is 0. The van der Waals surface area contributed by atoms with Crippen LogP contribution in [0.3, 0.4) is 0 Å². The molecule has 1 fully saturated rings. The Labute approximate surface area is 123 Å². The van der Waals surface area contributed by atoms with Gasteiger partial charge in [-0.2, -0.15) is 0 Å². The summed E-state index contributed by atoms with van der Waals surface area (Å²) < 4.78 is 1.41. The zero-order chi connectivity index (χ0) is 15.1. The van der Waals surface area contributed by atoms with Crippen molar-refractivity contribution in [2.24, 2.45) is 5.92 Å². The number of carboxylic acids is 1. The number of thiazole rings is 1. The van der Waals surface area contributed by atoms with Crippen molar-refractivity contribution in [2.45, 2.75) is 13.3 Å². The summed E-state index contributed by atoms with van der Waals surface area (Å²) >= 11 is 1.33. The number of carboxylic acid groups (broad SMARTS) is 1. The van der Waals surface area contributed by atoms with Crippen LogP contribution in [0.2, 0.25) is 0 Å². The van der Waals surface area contributed by atoms with Gasteiger partial charge in [-0.1, -0.05) is 0 Å². The third-order valence-electron chi connectivity index (χ3n) is 3.67. The highest BCUT2D eigenvalue weighted by atomic mass is 32.1. The maximum absolute atomic E-state index is 12.4. The summed E-state index contributed by atoms with van der Waals surface area (Å²) in [5.74, 6) is -1.92. The van der Waals surface area contributed by atoms with Gasteiger partial charge in [-0.25, -0.2) is 4.98 Å². The topological polar surface area (TPSA) is 92.0 Å². The fourth-order valence-corrected chi connectivity index (χ4v) is 3.32. The Balaban J connectivity index is 1.96. The van der Waals surface area contributed by atoms with E-state index < -0.39 is 23.4 Å². The number of amides is 1. The Morgan fingerprint density at radius 3 is 2.90 bits per heavy atom. The number of aromatic nitrogens is 2. The summed E-state index contributed by atoms with van der Waals surface area (Å²) in [5.41, 5.74) is 0.314. The highest BCUT2D eigenvalue weighted by molar-refractivity contribution is 7.15. The minimum Gasteiger partial charge on any atom is -0.481 e. The minimum absolute atomic E-state index is 0.0139. The Kier molecular flexibility index (Phi) is 3.25. The van der Waals surface area contributed by atoms with Crippen LogP contribution in [0.1, 0.15) is 22.5 Å². The molecule has 0 aromatic carbocycles. The smallest absolute Gasteiger partial charge is 0.308 e. The van der Waals surface area contributed by atoms with Crippen LogP contribution in [0, 0.1) is 12.8 Å². The maximum Gasteiger partial charge on any atom is 0.308 e. The number of aryl methyl sites for hydroxylation is 1. The SMILES string of the molecule is Cc1csc2ncc(C(=O)N3CCC(C(=O)O)C3)c(=O)n12. The van der Waals surface area contributed by atoms with Crippen LogP contribution >= 0.6 is 11.3 Å². The lowest BCUT2D eigenvalue weighted by Crippen LogP contribution is -2.35. The molecule has 1 amide bonds. The number of hydrogen-bond acceptors (Lipinski definition) is 5. The van der Waals surface area contributed by atoms with Crippen molar-refractivity contribution in [3.63, 3.8) is 0 Å². The lowest BCUT2D eigenvalue weighted by Gasteiger charge is -2.15. The molecule has 3 heterocycles. The molecule has 0 spiro atoms. The van der Waals surface area contributed by atoms with Crippen molar-refractivity contribution in [3.8, 4) is 0 Å². The largest absolute Gasteiger partial charge is 0.481 e. The monoisotopic (exact) mass is 307 g/mol. The van der Waals surface area contributed by atoms with Crippen molar-refractivity contribution < 1.29 is 14.7 Å². The van der Waals surface area contributed by atoms with Crippen molar-refractivity contribution in [3.05, 3.63) is 33.2 Å². The van der Waals surface area contributed by atoms with Gasteiger partial charge in [0.15, 0.2) is 4.96 Å². The van der Waals surface area contributed by atoms with Crippen molar-refractivity contribution in [1.29, 1.82) is 0 Å². The second-order valence-corrected chi connectivity index (χ2v) is 5.88. The third kappa shape index (κ3) is 2.21. The van der Waals surface area contributed by atoms with Crippen LogP contribution in [0.4, 0.5) is 0 Å². The molecule has 2 aromatic heterocycles. The first-order valence-electron chi connectivity index (χ1n) is 6.47. The predicted octanol–water partition coefficient (Wildman–Crippen LogP) is 0.611. The molecule has 2 aromatic rings. The molecular formula is C13H13N3O4S. The summed E-state index contributed by atoms with van der Waals surface area (Å²) in [6, 6.07) is 0. The van der Waals surface area contributed by atoms with E-state index in [4.69, 9.17) is 5.11 Å². The molecule has 110 valence electrons. The second-order valence-electron chi connectivity index (χ2n) is 5.05. The van der Waals surface area contributed by atoms with Gasteiger partial charge in [-0.3, -0.25) is 18.8 Å². The standard InChI is InChI=1S/C13H13N3O4S/c1-7-6-21-13-14-4-9(11(18)16(7)13)10(17)15-3-2-8(5-15)12(19)20/h4,6,8H,2-3,5H2,1H3,(H,19,20). The van der Waals surface area contributed by atoms with Gasteiger partial charge in [0.2, 0.25) is 0 Å². The van der Waals surface area contributed by atoms with Crippen LogP contribution < -0.4 is 5.56 Å². The number of carbonyl (C=O) groups is 2. The quantitative estimate of drug-likeness (QED) is 0.877. The van der Waals surface area contributed by atoms with E-state index in [0.717, 1.165) is 5.69 Å². The van der Waals surface area contributed by atoms with Gasteiger partial charge in [-0.05, 0) is 13.3 Å². The van der Waals surface area contributed by atoms with Gasteiger partial charge in [0.05, 0.1) is 5.92 Å². The average molecular weight is 307 g/mol. The van der Waals surface area contributed by atoms with E-state index in [1.54, 1.807) is 12.3 Å². The Bertz CT molecular complexity index is 794. The molecule has 1 atom stereocenters. The molecule has 1 saturated heterocycles. The summed E-state index contributed by atoms with van der Waals surface area (Å²) in [5, 5.41) is 10.8. The van der Waals surface area contributed by atoms with Crippen molar-refractivity contribution >= 4 is 28.2 Å². The molecule has 21 heavy (non-hydrogen) atoms. The highest BCUT2D eigenvalue weighted by Crippen LogP contribution is 2.18. The van der Waals surface area contributed by atoms with E-state index in [-0.39, 0.29) is 12.1 Å². The van der Waals surface area contributed by atoms with Gasteiger partial charge in [0.25, 0.3) is 11.5 Å². The molecule has 0 aliphatic carbocycles. The molecular weight excluding hydrogens is 294 g/mol. The van der Waals surface area contributed by atoms with Crippen LogP contribution in [0.15, 0.2) is 16.4 Å². The summed E-state index contributed by atoms with van der Waals surface area (Å²) in [6.45, 7) is 2.26. The van der Waals surface area contributed by atoms with Crippen LogP contribution in [0.5, 0.6) is 0 Å². The van der Waals surface area contributed by atoms with E-state index in [1.165, 1.54) is 26.8 Å². The fraction of sp³-hybridized carbons (Fsp3) is 0.385. The lowest BCUT2D eigenvalue weighted by molar-refractivity contribution is -0.141. The highest BCUT2D eigenvalue weighted by Gasteiger charge is 2.32. The molecule has 0 radical (unpaired) electrons. The van der Waals surface area contributed by atoms with Crippen molar-refractivity contribution in [2.75, 3.05) is 13.1 Å². The Morgan fingerprint density at radius 1 is 1.48 bits per heavy atom. The van der Waals surface area contributed by atoms with E-state index >= 15 is 0 Å². The van der Waals surface area contributed by atoms with E-state index in [1.807, 2.05) is 0 Å². The minimum atomic E-state index is -0.913. The lowest BCUT2D eigenvalue weighted by atomic mass is 10.1. The first-order valence-corrected chi connectivity index (χ1v) is 7.35. The number of hydrogen-bond donors (Lipinski definition) is 1. The van der Waals surface area contributed by atoms with Crippen LogP contribution in [-0.4, -0.2) is 44.4 Å². The molecule has 0 saturated carbocycles. The molecule has 8 heteroatoms. The molecule has 1 N–H and O–H groups in total. The zero-order valence-electron chi connectivity index (χ0n) is 11.3. The number of aliphatic carboxylic acids is 1. The van der Waals surface area contributed by atoms with Gasteiger partial charge < -0.3 is 10.0 Å². The van der Waals surface area contributed by atoms with Gasteiger partial charge in [0.1, 0.15) is 5.56 Å². The van der Waals surface area contributed by atoms with Crippen molar-refractivity contribution in [1.82, 2.24) is 14.3 Å². The molecule has 3 rings (SSSR count). The van der Waals surface area contributed by atoms with Crippen LogP contribution in [-0.2, 0) is 4.79 Å². The van der Waals surface area contributed by atoms with E-state index in [0.29, 0.717) is 17.9 Å². The first-order chi connectivity index (χ1) is 9.99. The Hall–Kier alpha value is -2.22. The van der Waals surface area contributed by atoms with E-state index in [9.17, 15) is 14.4 Å². The zero-order valence-corrected chi connectivity index (χ0v) is 12.1. The third-order valence-corrected chi connectivity index (χ3v) is 4.63. The summed E-state index contributed by atoms with van der Waals surface area (Å²) in [6.07, 6.45) is 1.69. The maximum atomic E-state index is 12.4. The molecule has 1 aliphatic rings. The normalized spacial score (nSPS) is 18.3. The molecule has 1 aliphatic heterocycles. The summed E-state index contributed by atoms with van der Waals surface area (Å²) in [4.78, 5) is 41.8. The Morgan fingerprint density at radius 2 is 2.24 bits per heavy atom. The van der Waals surface area contributed by atoms with E-state index in [2.05, 4.69) is 4.98 Å². The van der Waals surface area contributed by atoms with Gasteiger partial charge in [0, 0.05) is 30.4 Å². The number of rotatable bonds is 2. The molecule has 7 nitrogen and oxygen atoms in total. The first kappa shape index (κ1) is 13.7. The molecule has 0 bridgehead atoms. The molecule has 1 unspecified atom stereocenters. The van der Waals surface area contributed by atoms with Crippen LogP contribution in [0.25, 0.3) is 4.96 Å². The number of nitrogens with zero attached hydrogens (tertiary/aromatic N) is 3. The fourth-order valence-electron chi connectivity index (χ4n) is 2.49. The number of likely N-dealkylation sites (tertiary alicyclic amines) is 1. The number of carbonyl (C=O) groups excluding carboxylic acids is 1. The average Bonchev–Trinajstić information content (AvgIpc) is 3.06. The number of fused-ring (bicyclic) bond motifs is 1. The second kappa shape index (κ2) is 4.96. The van der Waals surface area contributed by atoms with Gasteiger partial charge >= 0.3 is 5.97 Å². The van der Waals surface area contributed by atoms with Gasteiger partial charge in [-0.15, -0.1) is 11.3 Å². The predicted molar refractivity (Wildman–Crippen MR) is 75.7 cm³/mol.